The van der Waals surface area contributed by atoms with Gasteiger partial charge in [-0.15, -0.1) is 0 Å². The third kappa shape index (κ3) is 9.59. The fourth-order valence-corrected chi connectivity index (χ4v) is 2.09. The van der Waals surface area contributed by atoms with Gasteiger partial charge in [0.25, 0.3) is 0 Å². The zero-order valence-corrected chi connectivity index (χ0v) is 14.8. The van der Waals surface area contributed by atoms with E-state index in [2.05, 4.69) is 35.0 Å². The van der Waals surface area contributed by atoms with Crippen LogP contribution in [-0.2, 0) is 0 Å². The second kappa shape index (κ2) is 12.2. The molecule has 2 rings (SSSR count). The van der Waals surface area contributed by atoms with Crippen LogP contribution in [0.3, 0.4) is 0 Å². The van der Waals surface area contributed by atoms with Gasteiger partial charge in [-0.2, -0.15) is 0 Å². The van der Waals surface area contributed by atoms with Gasteiger partial charge in [-0.3, -0.25) is 0 Å². The Bertz CT molecular complexity index is 483. The molecule has 0 aromatic heterocycles. The van der Waals surface area contributed by atoms with Gasteiger partial charge in [0.05, 0.1) is 6.61 Å². The van der Waals surface area contributed by atoms with Crippen molar-refractivity contribution < 1.29 is 9.84 Å². The van der Waals surface area contributed by atoms with E-state index in [0.29, 0.717) is 6.61 Å². The number of aliphatic hydroxyl groups is 1. The summed E-state index contributed by atoms with van der Waals surface area (Å²) >= 11 is 3.38. The molecule has 3 heteroatoms. The lowest BCUT2D eigenvalue weighted by molar-refractivity contribution is 0.273. The highest BCUT2D eigenvalue weighted by Crippen LogP contribution is 2.16. The van der Waals surface area contributed by atoms with E-state index in [1.54, 1.807) is 0 Å². The molecule has 0 aliphatic carbocycles. The third-order valence-corrected chi connectivity index (χ3v) is 3.60. The quantitative estimate of drug-likeness (QED) is 0.668. The maximum absolute atomic E-state index is 8.59. The van der Waals surface area contributed by atoms with E-state index in [4.69, 9.17) is 9.84 Å². The molecule has 0 spiro atoms. The number of halogens is 1. The number of unbranched alkanes of at least 4 members (excludes halogenated alkanes) is 3. The fraction of sp³-hybridized carbons (Fsp3) is 0.368. The lowest BCUT2D eigenvalue weighted by Gasteiger charge is -2.05. The highest BCUT2D eigenvalue weighted by atomic mass is 79.9. The van der Waals surface area contributed by atoms with Crippen LogP contribution in [0.25, 0.3) is 0 Å². The Balaban J connectivity index is 0.000000287. The van der Waals surface area contributed by atoms with Gasteiger partial charge in [0.2, 0.25) is 0 Å². The lowest BCUT2D eigenvalue weighted by atomic mass is 10.2. The van der Waals surface area contributed by atoms with Crippen molar-refractivity contribution in [3.05, 3.63) is 64.6 Å². The molecule has 0 heterocycles. The standard InChI is InChI=1S/C12H17BrO2.C7H8/c13-11-5-7-12(8-6-11)15-10-4-2-1-3-9-14;1-7-5-3-2-4-6-7/h5-8,14H,1-4,9-10H2;2-6H,1H3. The van der Waals surface area contributed by atoms with E-state index in [1.165, 1.54) is 5.56 Å². The minimum absolute atomic E-state index is 0.299. The van der Waals surface area contributed by atoms with Gasteiger partial charge in [0.1, 0.15) is 5.75 Å². The Morgan fingerprint density at radius 1 is 0.864 bits per heavy atom. The molecule has 2 aromatic carbocycles. The van der Waals surface area contributed by atoms with Gasteiger partial charge in [-0.25, -0.2) is 0 Å². The van der Waals surface area contributed by atoms with Crippen molar-refractivity contribution in [3.63, 3.8) is 0 Å². The van der Waals surface area contributed by atoms with Crippen LogP contribution < -0.4 is 4.74 Å². The number of ether oxygens (including phenoxy) is 1. The van der Waals surface area contributed by atoms with Crippen LogP contribution in [0, 0.1) is 6.92 Å². The van der Waals surface area contributed by atoms with Crippen LogP contribution >= 0.6 is 15.9 Å². The van der Waals surface area contributed by atoms with Crippen LogP contribution in [0.2, 0.25) is 0 Å². The van der Waals surface area contributed by atoms with E-state index < -0.39 is 0 Å². The summed E-state index contributed by atoms with van der Waals surface area (Å²) in [6.07, 6.45) is 4.16. The summed E-state index contributed by atoms with van der Waals surface area (Å²) < 4.78 is 6.63. The van der Waals surface area contributed by atoms with Crippen molar-refractivity contribution in [3.8, 4) is 5.75 Å². The van der Waals surface area contributed by atoms with Gasteiger partial charge in [-0.1, -0.05) is 58.2 Å². The predicted molar refractivity (Wildman–Crippen MR) is 96.4 cm³/mol. The average Bonchev–Trinajstić information content (AvgIpc) is 2.54. The highest BCUT2D eigenvalue weighted by molar-refractivity contribution is 9.10. The molecule has 0 aliphatic heterocycles. The summed E-state index contributed by atoms with van der Waals surface area (Å²) in [6, 6.07) is 18.1. The van der Waals surface area contributed by atoms with Gasteiger partial charge >= 0.3 is 0 Å². The van der Waals surface area contributed by atoms with Crippen LogP contribution in [0.15, 0.2) is 59.1 Å². The highest BCUT2D eigenvalue weighted by Gasteiger charge is 1.94. The number of hydrogen-bond donors (Lipinski definition) is 1. The first-order valence-corrected chi connectivity index (χ1v) is 8.52. The molecule has 0 radical (unpaired) electrons. The molecule has 0 aliphatic rings. The summed E-state index contributed by atoms with van der Waals surface area (Å²) in [4.78, 5) is 0. The van der Waals surface area contributed by atoms with E-state index >= 15 is 0 Å². The normalized spacial score (nSPS) is 9.77. The van der Waals surface area contributed by atoms with E-state index in [1.807, 2.05) is 42.5 Å². The molecular formula is C19H25BrO2. The van der Waals surface area contributed by atoms with Gasteiger partial charge < -0.3 is 9.84 Å². The van der Waals surface area contributed by atoms with Gasteiger partial charge in [-0.05, 0) is 50.5 Å². The third-order valence-electron chi connectivity index (χ3n) is 3.08. The Hall–Kier alpha value is -1.32. The molecule has 0 saturated carbocycles. The summed E-state index contributed by atoms with van der Waals surface area (Å²) in [5.74, 6) is 0.917. The smallest absolute Gasteiger partial charge is 0.119 e. The molecule has 22 heavy (non-hydrogen) atoms. The zero-order chi connectivity index (χ0) is 16.0. The van der Waals surface area contributed by atoms with Crippen LogP contribution in [-0.4, -0.2) is 18.3 Å². The van der Waals surface area contributed by atoms with Crippen molar-refractivity contribution in [1.29, 1.82) is 0 Å². The largest absolute Gasteiger partial charge is 0.494 e. The lowest BCUT2D eigenvalue weighted by Crippen LogP contribution is -1.97. The van der Waals surface area contributed by atoms with Crippen molar-refractivity contribution >= 4 is 15.9 Å². The Morgan fingerprint density at radius 2 is 1.50 bits per heavy atom. The second-order valence-corrected chi connectivity index (χ2v) is 6.01. The molecule has 0 atom stereocenters. The van der Waals surface area contributed by atoms with Gasteiger partial charge in [0.15, 0.2) is 0 Å². The molecule has 0 saturated heterocycles. The number of benzene rings is 2. The second-order valence-electron chi connectivity index (χ2n) is 5.09. The number of aryl methyl sites for hydroxylation is 1. The Labute approximate surface area is 142 Å². The summed E-state index contributed by atoms with van der Waals surface area (Å²) in [5.41, 5.74) is 1.32. The minimum Gasteiger partial charge on any atom is -0.494 e. The van der Waals surface area contributed by atoms with Crippen molar-refractivity contribution in [2.24, 2.45) is 0 Å². The summed E-state index contributed by atoms with van der Waals surface area (Å²) in [5, 5.41) is 8.59. The van der Waals surface area contributed by atoms with Crippen LogP contribution in [0.4, 0.5) is 0 Å². The fourth-order valence-electron chi connectivity index (χ4n) is 1.82. The molecule has 120 valence electrons. The van der Waals surface area contributed by atoms with E-state index in [9.17, 15) is 0 Å². The topological polar surface area (TPSA) is 29.5 Å². The number of aliphatic hydroxyl groups excluding tert-OH is 1. The van der Waals surface area contributed by atoms with Crippen molar-refractivity contribution in [2.75, 3.05) is 13.2 Å². The van der Waals surface area contributed by atoms with Crippen molar-refractivity contribution in [2.45, 2.75) is 32.6 Å². The predicted octanol–water partition coefficient (Wildman–Crippen LogP) is 5.38. The summed E-state index contributed by atoms with van der Waals surface area (Å²) in [6.45, 7) is 3.14. The Kier molecular flexibility index (Phi) is 10.4. The first-order valence-electron chi connectivity index (χ1n) is 7.73. The zero-order valence-electron chi connectivity index (χ0n) is 13.2. The molecule has 1 N–H and O–H groups in total. The number of rotatable bonds is 7. The molecule has 2 aromatic rings. The minimum atomic E-state index is 0.299. The van der Waals surface area contributed by atoms with E-state index in [0.717, 1.165) is 42.5 Å². The molecular weight excluding hydrogens is 340 g/mol. The first-order chi connectivity index (χ1) is 10.7. The van der Waals surface area contributed by atoms with Crippen molar-refractivity contribution in [1.82, 2.24) is 0 Å². The summed E-state index contributed by atoms with van der Waals surface area (Å²) in [7, 11) is 0. The molecule has 0 bridgehead atoms. The molecule has 0 unspecified atom stereocenters. The SMILES string of the molecule is Cc1ccccc1.OCCCCCCOc1ccc(Br)cc1. The maximum atomic E-state index is 8.59. The van der Waals surface area contributed by atoms with Crippen LogP contribution in [0.1, 0.15) is 31.2 Å². The average molecular weight is 365 g/mol. The monoisotopic (exact) mass is 364 g/mol. The van der Waals surface area contributed by atoms with Crippen LogP contribution in [0.5, 0.6) is 5.75 Å². The molecule has 2 nitrogen and oxygen atoms in total. The van der Waals surface area contributed by atoms with E-state index in [-0.39, 0.29) is 0 Å². The Morgan fingerprint density at radius 3 is 2.05 bits per heavy atom. The van der Waals surface area contributed by atoms with Gasteiger partial charge in [0, 0.05) is 11.1 Å². The maximum Gasteiger partial charge on any atom is 0.119 e. The first kappa shape index (κ1) is 18.7. The number of hydrogen-bond acceptors (Lipinski definition) is 2. The molecule has 0 amide bonds. The molecule has 0 fully saturated rings.